The van der Waals surface area contributed by atoms with Crippen LogP contribution in [0.1, 0.15) is 103 Å². The van der Waals surface area contributed by atoms with E-state index >= 15 is 0 Å². The lowest BCUT2D eigenvalue weighted by atomic mass is 10.0. The summed E-state index contributed by atoms with van der Waals surface area (Å²) in [6.07, 6.45) is 16.0. The molecule has 0 fully saturated rings. The van der Waals surface area contributed by atoms with E-state index in [4.69, 9.17) is 5.73 Å². The highest BCUT2D eigenvalue weighted by molar-refractivity contribution is 5.78. The van der Waals surface area contributed by atoms with Gasteiger partial charge in [-0.1, -0.05) is 64.7 Å². The standard InChI is InChI=1S/C18H35NO2/c1-2-3-4-5-8-11-14-17(20)15-12-9-6-7-10-13-16-18(19)21/h2-16H2,1H3,(H2,19,21). The molecule has 0 radical (unpaired) electrons. The van der Waals surface area contributed by atoms with E-state index in [9.17, 15) is 9.59 Å². The Balaban J connectivity index is 3.17. The lowest BCUT2D eigenvalue weighted by Crippen LogP contribution is -2.09. The molecule has 0 aliphatic heterocycles. The van der Waals surface area contributed by atoms with Crippen LogP contribution in [0.4, 0.5) is 0 Å². The molecule has 3 heteroatoms. The molecule has 0 aromatic rings. The maximum atomic E-state index is 11.7. The van der Waals surface area contributed by atoms with Gasteiger partial charge in [-0.2, -0.15) is 0 Å². The van der Waals surface area contributed by atoms with Crippen molar-refractivity contribution in [2.45, 2.75) is 103 Å². The number of ketones is 1. The second-order valence-electron chi connectivity index (χ2n) is 6.14. The van der Waals surface area contributed by atoms with Crippen LogP contribution in [0, 0.1) is 0 Å². The number of carbonyl (C=O) groups excluding carboxylic acids is 2. The summed E-state index contributed by atoms with van der Waals surface area (Å²) in [5.74, 6) is 0.245. The third-order valence-corrected chi connectivity index (χ3v) is 3.94. The first-order chi connectivity index (χ1) is 10.2. The second-order valence-corrected chi connectivity index (χ2v) is 6.14. The molecule has 0 rings (SSSR count). The quantitative estimate of drug-likeness (QED) is 0.411. The van der Waals surface area contributed by atoms with E-state index in [0.717, 1.165) is 51.4 Å². The zero-order valence-electron chi connectivity index (χ0n) is 14.0. The minimum absolute atomic E-state index is 0.199. The fourth-order valence-electron chi connectivity index (χ4n) is 2.56. The predicted octanol–water partition coefficient (Wildman–Crippen LogP) is 4.91. The molecule has 0 unspecified atom stereocenters. The number of unbranched alkanes of at least 4 members (excludes halogenated alkanes) is 10. The normalized spacial score (nSPS) is 10.7. The average molecular weight is 297 g/mol. The van der Waals surface area contributed by atoms with Crippen LogP contribution in [0.5, 0.6) is 0 Å². The summed E-state index contributed by atoms with van der Waals surface area (Å²) in [6, 6.07) is 0. The Morgan fingerprint density at radius 2 is 1.00 bits per heavy atom. The van der Waals surface area contributed by atoms with E-state index in [2.05, 4.69) is 6.92 Å². The van der Waals surface area contributed by atoms with Gasteiger partial charge in [0, 0.05) is 19.3 Å². The van der Waals surface area contributed by atoms with Crippen LogP contribution in [0.25, 0.3) is 0 Å². The Kier molecular flexibility index (Phi) is 14.9. The van der Waals surface area contributed by atoms with Crippen molar-refractivity contribution in [3.63, 3.8) is 0 Å². The molecule has 0 saturated carbocycles. The fourth-order valence-corrected chi connectivity index (χ4v) is 2.56. The molecule has 1 amide bonds. The Morgan fingerprint density at radius 1 is 0.619 bits per heavy atom. The van der Waals surface area contributed by atoms with Gasteiger partial charge in [0.25, 0.3) is 0 Å². The molecule has 0 aromatic heterocycles. The number of primary amides is 1. The van der Waals surface area contributed by atoms with Crippen LogP contribution in [0.15, 0.2) is 0 Å². The number of nitrogens with two attached hydrogens (primary N) is 1. The van der Waals surface area contributed by atoms with Crippen LogP contribution >= 0.6 is 0 Å². The summed E-state index contributed by atoms with van der Waals surface area (Å²) in [5.41, 5.74) is 5.09. The van der Waals surface area contributed by atoms with Gasteiger partial charge in [0.1, 0.15) is 5.78 Å². The Morgan fingerprint density at radius 3 is 1.43 bits per heavy atom. The summed E-state index contributed by atoms with van der Waals surface area (Å²) in [4.78, 5) is 22.2. The molecule has 0 saturated heterocycles. The molecule has 0 atom stereocenters. The van der Waals surface area contributed by atoms with E-state index in [0.29, 0.717) is 12.2 Å². The van der Waals surface area contributed by atoms with Gasteiger partial charge in [0.05, 0.1) is 0 Å². The first-order valence-electron chi connectivity index (χ1n) is 8.96. The van der Waals surface area contributed by atoms with Gasteiger partial charge in [-0.15, -0.1) is 0 Å². The van der Waals surface area contributed by atoms with E-state index in [-0.39, 0.29) is 5.91 Å². The molecule has 0 spiro atoms. The molecule has 0 bridgehead atoms. The van der Waals surface area contributed by atoms with Crippen LogP contribution in [0.2, 0.25) is 0 Å². The van der Waals surface area contributed by atoms with Crippen molar-refractivity contribution < 1.29 is 9.59 Å². The first kappa shape index (κ1) is 20.1. The number of Topliss-reactive ketones (excluding diaryl/α,β-unsaturated/α-hetero) is 1. The van der Waals surface area contributed by atoms with Crippen molar-refractivity contribution in [3.8, 4) is 0 Å². The highest BCUT2D eigenvalue weighted by Crippen LogP contribution is 2.11. The maximum absolute atomic E-state index is 11.7. The SMILES string of the molecule is CCCCCCCCC(=O)CCCCCCCCC(N)=O. The number of carbonyl (C=O) groups is 2. The average Bonchev–Trinajstić information content (AvgIpc) is 2.45. The van der Waals surface area contributed by atoms with Crippen molar-refractivity contribution in [2.24, 2.45) is 5.73 Å². The largest absolute Gasteiger partial charge is 0.370 e. The van der Waals surface area contributed by atoms with Crippen molar-refractivity contribution in [3.05, 3.63) is 0 Å². The minimum atomic E-state index is -0.199. The molecule has 124 valence electrons. The number of hydrogen-bond donors (Lipinski definition) is 1. The number of rotatable bonds is 16. The van der Waals surface area contributed by atoms with Crippen molar-refractivity contribution in [1.29, 1.82) is 0 Å². The fraction of sp³-hybridized carbons (Fsp3) is 0.889. The smallest absolute Gasteiger partial charge is 0.217 e. The third-order valence-electron chi connectivity index (χ3n) is 3.94. The van der Waals surface area contributed by atoms with Crippen molar-refractivity contribution >= 4 is 11.7 Å². The Labute approximate surface area is 131 Å². The van der Waals surface area contributed by atoms with Gasteiger partial charge in [-0.05, 0) is 19.3 Å². The van der Waals surface area contributed by atoms with Gasteiger partial charge < -0.3 is 5.73 Å². The van der Waals surface area contributed by atoms with Crippen molar-refractivity contribution in [2.75, 3.05) is 0 Å². The van der Waals surface area contributed by atoms with Gasteiger partial charge in [0.15, 0.2) is 0 Å². The summed E-state index contributed by atoms with van der Waals surface area (Å²) in [6.45, 7) is 2.22. The molecule has 0 aliphatic rings. The highest BCUT2D eigenvalue weighted by Gasteiger charge is 2.02. The zero-order valence-corrected chi connectivity index (χ0v) is 14.0. The molecular formula is C18H35NO2. The Hall–Kier alpha value is -0.860. The van der Waals surface area contributed by atoms with Gasteiger partial charge in [0.2, 0.25) is 5.91 Å². The van der Waals surface area contributed by atoms with Crippen LogP contribution in [-0.4, -0.2) is 11.7 Å². The highest BCUT2D eigenvalue weighted by atomic mass is 16.1. The third kappa shape index (κ3) is 17.1. The number of amides is 1. The summed E-state index contributed by atoms with van der Waals surface area (Å²) in [5, 5.41) is 0. The topological polar surface area (TPSA) is 60.2 Å². The molecule has 21 heavy (non-hydrogen) atoms. The molecule has 2 N–H and O–H groups in total. The predicted molar refractivity (Wildman–Crippen MR) is 89.1 cm³/mol. The summed E-state index contributed by atoms with van der Waals surface area (Å²) >= 11 is 0. The zero-order chi connectivity index (χ0) is 15.8. The second kappa shape index (κ2) is 15.5. The monoisotopic (exact) mass is 297 g/mol. The summed E-state index contributed by atoms with van der Waals surface area (Å²) < 4.78 is 0. The van der Waals surface area contributed by atoms with E-state index in [1.165, 1.54) is 38.5 Å². The summed E-state index contributed by atoms with van der Waals surface area (Å²) in [7, 11) is 0. The van der Waals surface area contributed by atoms with Crippen LogP contribution in [0.3, 0.4) is 0 Å². The maximum Gasteiger partial charge on any atom is 0.217 e. The van der Waals surface area contributed by atoms with E-state index in [1.54, 1.807) is 0 Å². The molecule has 0 aliphatic carbocycles. The lowest BCUT2D eigenvalue weighted by molar-refractivity contribution is -0.119. The Bertz CT molecular complexity index is 264. The van der Waals surface area contributed by atoms with E-state index < -0.39 is 0 Å². The molecular weight excluding hydrogens is 262 g/mol. The van der Waals surface area contributed by atoms with E-state index in [1.807, 2.05) is 0 Å². The van der Waals surface area contributed by atoms with Gasteiger partial charge >= 0.3 is 0 Å². The van der Waals surface area contributed by atoms with Gasteiger partial charge in [-0.3, -0.25) is 9.59 Å². The van der Waals surface area contributed by atoms with Crippen LogP contribution < -0.4 is 5.73 Å². The molecule has 3 nitrogen and oxygen atoms in total. The van der Waals surface area contributed by atoms with Crippen LogP contribution in [-0.2, 0) is 9.59 Å². The van der Waals surface area contributed by atoms with Gasteiger partial charge in [-0.25, -0.2) is 0 Å². The molecule has 0 aromatic carbocycles. The number of hydrogen-bond acceptors (Lipinski definition) is 2. The molecule has 0 heterocycles. The first-order valence-corrected chi connectivity index (χ1v) is 8.96. The minimum Gasteiger partial charge on any atom is -0.370 e. The lowest BCUT2D eigenvalue weighted by Gasteiger charge is -2.03. The van der Waals surface area contributed by atoms with Crippen molar-refractivity contribution in [1.82, 2.24) is 0 Å².